The van der Waals surface area contributed by atoms with Gasteiger partial charge in [-0.15, -0.1) is 0 Å². The third-order valence-corrected chi connectivity index (χ3v) is 2.56. The van der Waals surface area contributed by atoms with Gasteiger partial charge in [-0.2, -0.15) is 13.2 Å². The summed E-state index contributed by atoms with van der Waals surface area (Å²) >= 11 is 0. The number of azide groups is 1. The zero-order valence-corrected chi connectivity index (χ0v) is 10.1. The summed E-state index contributed by atoms with van der Waals surface area (Å²) in [5.74, 6) is 0. The summed E-state index contributed by atoms with van der Waals surface area (Å²) in [5, 5.41) is 3.34. The van der Waals surface area contributed by atoms with Gasteiger partial charge in [0.15, 0.2) is 0 Å². The van der Waals surface area contributed by atoms with Crippen LogP contribution in [0.1, 0.15) is 19.4 Å². The first-order valence-electron chi connectivity index (χ1n) is 5.45. The highest BCUT2D eigenvalue weighted by Gasteiger charge is 2.31. The van der Waals surface area contributed by atoms with Crippen LogP contribution in [0.15, 0.2) is 23.3 Å². The highest BCUT2D eigenvalue weighted by molar-refractivity contribution is 5.68. The van der Waals surface area contributed by atoms with Crippen molar-refractivity contribution in [3.63, 3.8) is 0 Å². The average molecular weight is 258 g/mol. The molecule has 1 aromatic rings. The molecular weight excluding hydrogens is 245 g/mol. The Bertz CT molecular complexity index is 460. The van der Waals surface area contributed by atoms with Gasteiger partial charge in [-0.1, -0.05) is 5.11 Å². The van der Waals surface area contributed by atoms with Crippen LogP contribution in [-0.2, 0) is 6.18 Å². The van der Waals surface area contributed by atoms with Crippen LogP contribution in [0.5, 0.6) is 0 Å². The number of alkyl halides is 3. The van der Waals surface area contributed by atoms with E-state index in [1.165, 1.54) is 6.07 Å². The Morgan fingerprint density at radius 1 is 1.28 bits per heavy atom. The summed E-state index contributed by atoms with van der Waals surface area (Å²) in [7, 11) is 0. The van der Waals surface area contributed by atoms with E-state index in [1.807, 2.05) is 18.7 Å². The predicted molar refractivity (Wildman–Crippen MR) is 63.8 cm³/mol. The van der Waals surface area contributed by atoms with Gasteiger partial charge in [0.1, 0.15) is 0 Å². The Morgan fingerprint density at radius 2 is 1.89 bits per heavy atom. The van der Waals surface area contributed by atoms with Gasteiger partial charge in [0.2, 0.25) is 0 Å². The maximum Gasteiger partial charge on any atom is 0.416 e. The van der Waals surface area contributed by atoms with Crippen molar-refractivity contribution in [1.29, 1.82) is 0 Å². The molecule has 98 valence electrons. The topological polar surface area (TPSA) is 52.0 Å². The molecule has 0 aliphatic heterocycles. The summed E-state index contributed by atoms with van der Waals surface area (Å²) in [4.78, 5) is 4.40. The van der Waals surface area contributed by atoms with E-state index in [9.17, 15) is 13.2 Å². The molecule has 4 nitrogen and oxygen atoms in total. The van der Waals surface area contributed by atoms with Crippen LogP contribution >= 0.6 is 0 Å². The quantitative estimate of drug-likeness (QED) is 0.446. The molecule has 0 unspecified atom stereocenters. The summed E-state index contributed by atoms with van der Waals surface area (Å²) < 4.78 is 37.7. The number of hydrogen-bond acceptors (Lipinski definition) is 2. The molecule has 0 atom stereocenters. The van der Waals surface area contributed by atoms with Gasteiger partial charge in [0.25, 0.3) is 0 Å². The Morgan fingerprint density at radius 3 is 2.33 bits per heavy atom. The third kappa shape index (κ3) is 3.07. The predicted octanol–water partition coefficient (Wildman–Crippen LogP) is 4.49. The van der Waals surface area contributed by atoms with Crippen LogP contribution in [0.2, 0.25) is 0 Å². The lowest BCUT2D eigenvalue weighted by atomic mass is 10.1. The fourth-order valence-electron chi connectivity index (χ4n) is 1.66. The maximum atomic E-state index is 12.6. The van der Waals surface area contributed by atoms with E-state index in [0.29, 0.717) is 18.8 Å². The van der Waals surface area contributed by atoms with E-state index < -0.39 is 11.7 Å². The fraction of sp³-hybridized carbons (Fsp3) is 0.455. The molecular formula is C11H13F3N4. The molecule has 18 heavy (non-hydrogen) atoms. The van der Waals surface area contributed by atoms with Gasteiger partial charge in [0.05, 0.1) is 11.3 Å². The van der Waals surface area contributed by atoms with Gasteiger partial charge in [-0.25, -0.2) is 0 Å². The second kappa shape index (κ2) is 5.64. The zero-order chi connectivity index (χ0) is 13.8. The van der Waals surface area contributed by atoms with Crippen molar-refractivity contribution < 1.29 is 13.2 Å². The lowest BCUT2D eigenvalue weighted by Crippen LogP contribution is -2.22. The molecule has 0 aliphatic carbocycles. The lowest BCUT2D eigenvalue weighted by molar-refractivity contribution is -0.137. The van der Waals surface area contributed by atoms with Gasteiger partial charge >= 0.3 is 6.18 Å². The molecule has 0 saturated heterocycles. The molecule has 0 saturated carbocycles. The van der Waals surface area contributed by atoms with Crippen molar-refractivity contribution in [2.75, 3.05) is 18.0 Å². The van der Waals surface area contributed by atoms with Crippen LogP contribution in [0.3, 0.4) is 0 Å². The highest BCUT2D eigenvalue weighted by Crippen LogP contribution is 2.36. The minimum atomic E-state index is -4.44. The van der Waals surface area contributed by atoms with E-state index >= 15 is 0 Å². The Kier molecular flexibility index (Phi) is 4.44. The van der Waals surface area contributed by atoms with E-state index in [2.05, 4.69) is 10.0 Å². The van der Waals surface area contributed by atoms with Crippen molar-refractivity contribution in [1.82, 2.24) is 0 Å². The largest absolute Gasteiger partial charge is 0.416 e. The summed E-state index contributed by atoms with van der Waals surface area (Å²) in [6.45, 7) is 4.99. The molecule has 0 amide bonds. The second-order valence-electron chi connectivity index (χ2n) is 3.56. The Labute approximate surface area is 103 Å². The molecule has 0 radical (unpaired) electrons. The normalized spacial score (nSPS) is 10.9. The molecule has 0 bridgehead atoms. The van der Waals surface area contributed by atoms with Crippen molar-refractivity contribution in [3.8, 4) is 0 Å². The zero-order valence-electron chi connectivity index (χ0n) is 10.1. The molecule has 0 aliphatic rings. The van der Waals surface area contributed by atoms with Crippen molar-refractivity contribution >= 4 is 11.4 Å². The first kappa shape index (κ1) is 14.2. The SMILES string of the molecule is CCN(CC)c1ccc(C(F)(F)F)cc1N=[N+]=[N-]. The minimum Gasteiger partial charge on any atom is -0.372 e. The Balaban J connectivity index is 3.33. The maximum absolute atomic E-state index is 12.6. The minimum absolute atomic E-state index is 0.00368. The van der Waals surface area contributed by atoms with Gasteiger partial charge in [-0.3, -0.25) is 0 Å². The third-order valence-electron chi connectivity index (χ3n) is 2.56. The van der Waals surface area contributed by atoms with Gasteiger partial charge in [-0.05, 0) is 37.6 Å². The monoisotopic (exact) mass is 258 g/mol. The van der Waals surface area contributed by atoms with Crippen molar-refractivity contribution in [2.24, 2.45) is 5.11 Å². The fourth-order valence-corrected chi connectivity index (χ4v) is 1.66. The standard InChI is InChI=1S/C11H13F3N4/c1-3-18(4-2)10-6-5-8(11(12,13)14)7-9(10)16-17-15/h5-7H,3-4H2,1-2H3. The Hall–Kier alpha value is -1.88. The van der Waals surface area contributed by atoms with E-state index in [1.54, 1.807) is 0 Å². The van der Waals surface area contributed by atoms with Crippen LogP contribution in [0.25, 0.3) is 10.4 Å². The van der Waals surface area contributed by atoms with Crippen LogP contribution in [0.4, 0.5) is 24.5 Å². The summed E-state index contributed by atoms with van der Waals surface area (Å²) in [5.41, 5.74) is 8.11. The number of anilines is 1. The number of rotatable bonds is 4. The number of hydrogen-bond donors (Lipinski definition) is 0. The first-order valence-corrected chi connectivity index (χ1v) is 5.45. The van der Waals surface area contributed by atoms with Gasteiger partial charge in [0, 0.05) is 23.7 Å². The van der Waals surface area contributed by atoms with Crippen molar-refractivity contribution in [3.05, 3.63) is 34.2 Å². The molecule has 0 aromatic heterocycles. The van der Waals surface area contributed by atoms with Crippen molar-refractivity contribution in [2.45, 2.75) is 20.0 Å². The molecule has 0 fully saturated rings. The molecule has 7 heteroatoms. The molecule has 0 N–H and O–H groups in total. The number of benzene rings is 1. The van der Waals surface area contributed by atoms with E-state index in [0.717, 1.165) is 12.1 Å². The molecule has 0 spiro atoms. The average Bonchev–Trinajstić information content (AvgIpc) is 2.31. The number of nitrogens with zero attached hydrogens (tertiary/aromatic N) is 4. The van der Waals surface area contributed by atoms with Crippen LogP contribution in [0, 0.1) is 0 Å². The first-order chi connectivity index (χ1) is 8.43. The van der Waals surface area contributed by atoms with Crippen LogP contribution in [-0.4, -0.2) is 13.1 Å². The number of halogens is 3. The summed E-state index contributed by atoms with van der Waals surface area (Å²) in [6.07, 6.45) is -4.44. The summed E-state index contributed by atoms with van der Waals surface area (Å²) in [6, 6.07) is 3.19. The lowest BCUT2D eigenvalue weighted by Gasteiger charge is -2.23. The second-order valence-corrected chi connectivity index (χ2v) is 3.56. The highest BCUT2D eigenvalue weighted by atomic mass is 19.4. The molecule has 1 aromatic carbocycles. The van der Waals surface area contributed by atoms with E-state index in [4.69, 9.17) is 5.53 Å². The molecule has 0 heterocycles. The smallest absolute Gasteiger partial charge is 0.372 e. The van der Waals surface area contributed by atoms with Crippen LogP contribution < -0.4 is 4.90 Å². The van der Waals surface area contributed by atoms with E-state index in [-0.39, 0.29) is 5.69 Å². The molecule has 1 rings (SSSR count). The van der Waals surface area contributed by atoms with Gasteiger partial charge < -0.3 is 4.90 Å².